The molecule has 0 aromatic heterocycles. The maximum atomic E-state index is 12.3. The van der Waals surface area contributed by atoms with Crippen LogP contribution in [0.2, 0.25) is 0 Å². The molecule has 0 bridgehead atoms. The lowest BCUT2D eigenvalue weighted by atomic mass is 10.2. The molecule has 4 nitrogen and oxygen atoms in total. The van der Waals surface area contributed by atoms with Crippen molar-refractivity contribution < 1.29 is 14.3 Å². The van der Waals surface area contributed by atoms with Gasteiger partial charge in [0, 0.05) is 5.56 Å². The van der Waals surface area contributed by atoms with Gasteiger partial charge in [-0.05, 0) is 63.6 Å². The summed E-state index contributed by atoms with van der Waals surface area (Å²) in [6.07, 6.45) is 0.114. The summed E-state index contributed by atoms with van der Waals surface area (Å²) >= 11 is 0. The largest absolute Gasteiger partial charge is 0.491 e. The molecule has 128 valence electrons. The molecule has 0 aliphatic heterocycles. The maximum absolute atomic E-state index is 12.3. The molecule has 0 spiro atoms. The Labute approximate surface area is 143 Å². The molecule has 0 saturated heterocycles. The predicted octanol–water partition coefficient (Wildman–Crippen LogP) is 3.98. The second-order valence-electron chi connectivity index (χ2n) is 6.14. The van der Waals surface area contributed by atoms with Crippen LogP contribution >= 0.6 is 0 Å². The van der Waals surface area contributed by atoms with Crippen molar-refractivity contribution in [2.75, 3.05) is 6.61 Å². The van der Waals surface area contributed by atoms with Crippen molar-refractivity contribution in [3.05, 3.63) is 59.7 Å². The highest BCUT2D eigenvalue weighted by molar-refractivity contribution is 5.94. The molecular formula is C20H25NO3. The summed E-state index contributed by atoms with van der Waals surface area (Å²) in [5.74, 6) is 1.48. The fourth-order valence-corrected chi connectivity index (χ4v) is 2.24. The van der Waals surface area contributed by atoms with Crippen LogP contribution in [0.4, 0.5) is 0 Å². The van der Waals surface area contributed by atoms with Crippen LogP contribution < -0.4 is 14.8 Å². The number of para-hydroxylation sites is 1. The lowest BCUT2D eigenvalue weighted by Gasteiger charge is -2.16. The second kappa shape index (κ2) is 8.39. The summed E-state index contributed by atoms with van der Waals surface area (Å²) in [4.78, 5) is 12.3. The Hall–Kier alpha value is -2.49. The van der Waals surface area contributed by atoms with Crippen LogP contribution in [0.15, 0.2) is 48.5 Å². The lowest BCUT2D eigenvalue weighted by Crippen LogP contribution is -2.36. The van der Waals surface area contributed by atoms with Gasteiger partial charge in [0.2, 0.25) is 0 Å². The van der Waals surface area contributed by atoms with E-state index in [0.29, 0.717) is 12.2 Å². The fourth-order valence-electron chi connectivity index (χ4n) is 2.24. The maximum Gasteiger partial charge on any atom is 0.251 e. The summed E-state index contributed by atoms with van der Waals surface area (Å²) in [6.45, 7) is 8.28. The van der Waals surface area contributed by atoms with Gasteiger partial charge in [0.25, 0.3) is 5.91 Å². The Bertz CT molecular complexity index is 665. The molecule has 0 aliphatic rings. The monoisotopic (exact) mass is 327 g/mol. The van der Waals surface area contributed by atoms with E-state index >= 15 is 0 Å². The number of aryl methyl sites for hydroxylation is 1. The van der Waals surface area contributed by atoms with E-state index in [9.17, 15) is 4.79 Å². The smallest absolute Gasteiger partial charge is 0.251 e. The Morgan fingerprint density at radius 1 is 1.04 bits per heavy atom. The van der Waals surface area contributed by atoms with Crippen molar-refractivity contribution >= 4 is 5.91 Å². The normalized spacial score (nSPS) is 11.9. The Kier molecular flexibility index (Phi) is 6.24. The number of carbonyl (C=O) groups is 1. The van der Waals surface area contributed by atoms with E-state index in [-0.39, 0.29) is 18.1 Å². The average molecular weight is 327 g/mol. The molecule has 0 radical (unpaired) electrons. The van der Waals surface area contributed by atoms with E-state index in [4.69, 9.17) is 9.47 Å². The molecule has 2 aromatic carbocycles. The molecule has 4 heteroatoms. The van der Waals surface area contributed by atoms with Crippen molar-refractivity contribution in [3.8, 4) is 11.5 Å². The van der Waals surface area contributed by atoms with Crippen LogP contribution in [-0.4, -0.2) is 24.7 Å². The third-order valence-electron chi connectivity index (χ3n) is 3.45. The van der Waals surface area contributed by atoms with E-state index in [1.165, 1.54) is 0 Å². The van der Waals surface area contributed by atoms with Crippen molar-refractivity contribution in [1.29, 1.82) is 0 Å². The van der Waals surface area contributed by atoms with Gasteiger partial charge in [-0.15, -0.1) is 0 Å². The minimum Gasteiger partial charge on any atom is -0.491 e. The van der Waals surface area contributed by atoms with Gasteiger partial charge in [0.05, 0.1) is 12.1 Å². The number of hydrogen-bond acceptors (Lipinski definition) is 3. The molecule has 1 N–H and O–H groups in total. The first-order valence-corrected chi connectivity index (χ1v) is 8.21. The van der Waals surface area contributed by atoms with E-state index in [1.54, 1.807) is 12.1 Å². The number of hydrogen-bond donors (Lipinski definition) is 1. The first kappa shape index (κ1) is 17.9. The molecule has 2 aromatic rings. The van der Waals surface area contributed by atoms with Gasteiger partial charge in [-0.1, -0.05) is 18.2 Å². The summed E-state index contributed by atoms with van der Waals surface area (Å²) in [6, 6.07) is 14.9. The molecule has 0 unspecified atom stereocenters. The molecule has 2 rings (SSSR count). The minimum absolute atomic E-state index is 0.0938. The molecule has 0 aliphatic carbocycles. The first-order chi connectivity index (χ1) is 11.5. The second-order valence-corrected chi connectivity index (χ2v) is 6.14. The molecule has 0 heterocycles. The minimum atomic E-state index is -0.119. The zero-order chi connectivity index (χ0) is 17.5. The van der Waals surface area contributed by atoms with Crippen molar-refractivity contribution in [2.24, 2.45) is 0 Å². The molecule has 0 saturated carbocycles. The van der Waals surface area contributed by atoms with Crippen LogP contribution in [0.3, 0.4) is 0 Å². The summed E-state index contributed by atoms with van der Waals surface area (Å²) in [5, 5.41) is 2.94. The third-order valence-corrected chi connectivity index (χ3v) is 3.45. The van der Waals surface area contributed by atoms with Crippen LogP contribution in [0.5, 0.6) is 11.5 Å². The van der Waals surface area contributed by atoms with Crippen LogP contribution in [0.25, 0.3) is 0 Å². The fraction of sp³-hybridized carbons (Fsp3) is 0.350. The predicted molar refractivity (Wildman–Crippen MR) is 95.8 cm³/mol. The van der Waals surface area contributed by atoms with Gasteiger partial charge in [0.15, 0.2) is 0 Å². The van der Waals surface area contributed by atoms with Crippen LogP contribution in [0.1, 0.15) is 36.7 Å². The van der Waals surface area contributed by atoms with E-state index in [0.717, 1.165) is 17.1 Å². The van der Waals surface area contributed by atoms with Crippen LogP contribution in [-0.2, 0) is 0 Å². The number of benzene rings is 2. The zero-order valence-electron chi connectivity index (χ0n) is 14.7. The summed E-state index contributed by atoms with van der Waals surface area (Å²) < 4.78 is 11.3. The van der Waals surface area contributed by atoms with Gasteiger partial charge in [-0.3, -0.25) is 4.79 Å². The SMILES string of the molecule is Cc1ccccc1OC[C@@H](C)NC(=O)c1ccc(OC(C)C)cc1. The molecule has 1 atom stereocenters. The molecular weight excluding hydrogens is 302 g/mol. The summed E-state index contributed by atoms with van der Waals surface area (Å²) in [5.41, 5.74) is 1.69. The van der Waals surface area contributed by atoms with Crippen molar-refractivity contribution in [1.82, 2.24) is 5.32 Å². The zero-order valence-corrected chi connectivity index (χ0v) is 14.7. The highest BCUT2D eigenvalue weighted by Gasteiger charge is 2.11. The number of nitrogens with one attached hydrogen (secondary N) is 1. The van der Waals surface area contributed by atoms with Gasteiger partial charge < -0.3 is 14.8 Å². The van der Waals surface area contributed by atoms with Gasteiger partial charge in [-0.2, -0.15) is 0 Å². The third kappa shape index (κ3) is 5.30. The highest BCUT2D eigenvalue weighted by atomic mass is 16.5. The Morgan fingerprint density at radius 3 is 2.33 bits per heavy atom. The van der Waals surface area contributed by atoms with Crippen LogP contribution in [0, 0.1) is 6.92 Å². The number of amides is 1. The Morgan fingerprint density at radius 2 is 1.71 bits per heavy atom. The van der Waals surface area contributed by atoms with E-state index in [2.05, 4.69) is 5.32 Å². The van der Waals surface area contributed by atoms with Crippen molar-refractivity contribution in [2.45, 2.75) is 39.8 Å². The highest BCUT2D eigenvalue weighted by Crippen LogP contribution is 2.16. The molecule has 24 heavy (non-hydrogen) atoms. The van der Waals surface area contributed by atoms with E-state index < -0.39 is 0 Å². The first-order valence-electron chi connectivity index (χ1n) is 8.21. The summed E-state index contributed by atoms with van der Waals surface area (Å²) in [7, 11) is 0. The van der Waals surface area contributed by atoms with Gasteiger partial charge in [0.1, 0.15) is 18.1 Å². The average Bonchev–Trinajstić information content (AvgIpc) is 2.54. The van der Waals surface area contributed by atoms with Gasteiger partial charge in [-0.25, -0.2) is 0 Å². The Balaban J connectivity index is 1.86. The van der Waals surface area contributed by atoms with Crippen molar-refractivity contribution in [3.63, 3.8) is 0 Å². The molecule has 0 fully saturated rings. The number of rotatable bonds is 7. The lowest BCUT2D eigenvalue weighted by molar-refractivity contribution is 0.0926. The standard InChI is InChI=1S/C20H25NO3/c1-14(2)24-18-11-9-17(10-12-18)20(22)21-16(4)13-23-19-8-6-5-7-15(19)3/h5-12,14,16H,13H2,1-4H3,(H,21,22)/t16-/m1/s1. The van der Waals surface area contributed by atoms with Gasteiger partial charge >= 0.3 is 0 Å². The quantitative estimate of drug-likeness (QED) is 0.837. The topological polar surface area (TPSA) is 47.6 Å². The van der Waals surface area contributed by atoms with E-state index in [1.807, 2.05) is 64.1 Å². The number of ether oxygens (including phenoxy) is 2. The number of carbonyl (C=O) groups excluding carboxylic acids is 1. The molecule has 1 amide bonds.